The summed E-state index contributed by atoms with van der Waals surface area (Å²) in [5.41, 5.74) is 5.10. The number of aromatic nitrogens is 1. The molecule has 28 heavy (non-hydrogen) atoms. The van der Waals surface area contributed by atoms with E-state index in [1.54, 1.807) is 14.2 Å². The molecule has 0 saturated heterocycles. The van der Waals surface area contributed by atoms with E-state index in [1.165, 1.54) is 0 Å². The Morgan fingerprint density at radius 3 is 2.39 bits per heavy atom. The number of carbonyl (C=O) groups is 2. The van der Waals surface area contributed by atoms with Crippen molar-refractivity contribution in [3.05, 3.63) is 58.4 Å². The molecule has 2 aromatic rings. The van der Waals surface area contributed by atoms with E-state index < -0.39 is 0 Å². The van der Waals surface area contributed by atoms with Crippen molar-refractivity contribution in [3.8, 4) is 5.75 Å². The minimum Gasteiger partial charge on any atom is -0.496 e. The van der Waals surface area contributed by atoms with Gasteiger partial charge in [-0.15, -0.1) is 0 Å². The van der Waals surface area contributed by atoms with Gasteiger partial charge in [-0.3, -0.25) is 14.6 Å². The lowest BCUT2D eigenvalue weighted by molar-refractivity contribution is -0.109. The van der Waals surface area contributed by atoms with Gasteiger partial charge in [0.05, 0.1) is 7.11 Å². The number of likely N-dealkylation sites (N-methyl/N-ethyl adjacent to an activating group) is 1. The summed E-state index contributed by atoms with van der Waals surface area (Å²) < 4.78 is 5.63. The number of pyridine rings is 1. The molecule has 0 atom stereocenters. The zero-order chi connectivity index (χ0) is 20.6. The monoisotopic (exact) mass is 383 g/mol. The molecule has 1 heterocycles. The highest BCUT2D eigenvalue weighted by molar-refractivity contribution is 5.80. The Kier molecular flexibility index (Phi) is 7.70. The van der Waals surface area contributed by atoms with Crippen LogP contribution in [0.5, 0.6) is 5.75 Å². The minimum atomic E-state index is 0.0855. The van der Waals surface area contributed by atoms with Crippen LogP contribution in [0.25, 0.3) is 0 Å². The van der Waals surface area contributed by atoms with Crippen molar-refractivity contribution in [1.82, 2.24) is 15.6 Å². The summed E-state index contributed by atoms with van der Waals surface area (Å²) in [6.07, 6.45) is 6.41. The number of aryl methyl sites for hydroxylation is 1. The van der Waals surface area contributed by atoms with Crippen LogP contribution in [-0.2, 0) is 16.6 Å². The number of carbonyl (C=O) groups excluding carboxylic acids is 2. The van der Waals surface area contributed by atoms with Crippen LogP contribution >= 0.6 is 0 Å². The second-order valence-corrected chi connectivity index (χ2v) is 7.07. The lowest BCUT2D eigenvalue weighted by Crippen LogP contribution is -2.25. The first-order chi connectivity index (χ1) is 13.5. The molecule has 0 aliphatic heterocycles. The number of benzene rings is 1. The van der Waals surface area contributed by atoms with Gasteiger partial charge in [0.2, 0.25) is 6.41 Å². The number of methoxy groups -OCH3 is 1. The Hall–Kier alpha value is -2.73. The first-order valence-corrected chi connectivity index (χ1v) is 9.37. The average molecular weight is 383 g/mol. The molecule has 1 fully saturated rings. The maximum absolute atomic E-state index is 11.7. The lowest BCUT2D eigenvalue weighted by Gasteiger charge is -2.20. The summed E-state index contributed by atoms with van der Waals surface area (Å²) in [4.78, 5) is 25.1. The van der Waals surface area contributed by atoms with Crippen molar-refractivity contribution in [2.24, 2.45) is 0 Å². The van der Waals surface area contributed by atoms with Crippen LogP contribution in [0.15, 0.2) is 30.5 Å². The van der Waals surface area contributed by atoms with Gasteiger partial charge in [0.25, 0.3) is 0 Å². The Bertz CT molecular complexity index is 799. The predicted octanol–water partition coefficient (Wildman–Crippen LogP) is 2.42. The molecule has 1 amide bonds. The predicted molar refractivity (Wildman–Crippen MR) is 110 cm³/mol. The van der Waals surface area contributed by atoms with Crippen LogP contribution in [0.2, 0.25) is 0 Å². The second-order valence-electron chi connectivity index (χ2n) is 7.07. The molecular weight excluding hydrogens is 354 g/mol. The number of ether oxygens (including phenoxy) is 1. The van der Waals surface area contributed by atoms with Crippen LogP contribution in [-0.4, -0.2) is 45.4 Å². The lowest BCUT2D eigenvalue weighted by atomic mass is 9.89. The first kappa shape index (κ1) is 21.6. The first-order valence-electron chi connectivity index (χ1n) is 9.37. The average Bonchev–Trinajstić information content (AvgIpc) is 3.50. The summed E-state index contributed by atoms with van der Waals surface area (Å²) in [6, 6.07) is 8.12. The molecule has 0 radical (unpaired) electrons. The minimum absolute atomic E-state index is 0.0855. The highest BCUT2D eigenvalue weighted by atomic mass is 16.5. The van der Waals surface area contributed by atoms with Crippen molar-refractivity contribution in [3.63, 3.8) is 0 Å². The van der Waals surface area contributed by atoms with E-state index >= 15 is 0 Å². The molecule has 0 spiro atoms. The quantitative estimate of drug-likeness (QED) is 0.685. The highest BCUT2D eigenvalue weighted by Gasteiger charge is 2.45. The van der Waals surface area contributed by atoms with Gasteiger partial charge in [0.1, 0.15) is 12.0 Å². The maximum atomic E-state index is 11.7. The summed E-state index contributed by atoms with van der Waals surface area (Å²) in [5.74, 6) is 0.846. The molecule has 1 saturated carbocycles. The Morgan fingerprint density at radius 1 is 1.21 bits per heavy atom. The number of nitrogens with one attached hydrogen (secondary N) is 2. The molecule has 6 heteroatoms. The number of amides is 1. The van der Waals surface area contributed by atoms with E-state index in [1.807, 2.05) is 32.3 Å². The number of hydrogen-bond acceptors (Lipinski definition) is 5. The molecule has 3 rings (SSSR count). The number of aldehydes is 1. The summed E-state index contributed by atoms with van der Waals surface area (Å²) >= 11 is 0. The smallest absolute Gasteiger partial charge is 0.206 e. The van der Waals surface area contributed by atoms with E-state index in [-0.39, 0.29) is 5.41 Å². The normalized spacial score (nSPS) is 13.7. The molecule has 1 aliphatic carbocycles. The summed E-state index contributed by atoms with van der Waals surface area (Å²) in [5, 5.41) is 5.50. The largest absolute Gasteiger partial charge is 0.496 e. The standard InChI is InChI=1S/C20H24N2O2.C2H5NO/c1-14-4-5-15(11-22-14)8-16-9-17(12-23)18(10-19(16)24-3)20(6-7-20)13-21-2;1-3-2-4/h4-5,9-12,21H,6-8,13H2,1-3H3;2H,1H3,(H,3,4). The van der Waals surface area contributed by atoms with E-state index in [2.05, 4.69) is 27.8 Å². The van der Waals surface area contributed by atoms with Crippen LogP contribution in [0.4, 0.5) is 0 Å². The molecule has 1 aromatic heterocycles. The van der Waals surface area contributed by atoms with Crippen molar-refractivity contribution in [2.75, 3.05) is 27.7 Å². The SMILES string of the molecule is CNC=O.CNCC1(c2cc(OC)c(Cc3ccc(C)nc3)cc2C=O)CC1. The van der Waals surface area contributed by atoms with Gasteiger partial charge in [-0.2, -0.15) is 0 Å². The van der Waals surface area contributed by atoms with Gasteiger partial charge in [0, 0.05) is 42.9 Å². The van der Waals surface area contributed by atoms with Crippen LogP contribution in [0.3, 0.4) is 0 Å². The zero-order valence-electron chi connectivity index (χ0n) is 17.0. The van der Waals surface area contributed by atoms with Crippen LogP contribution in [0.1, 0.15) is 45.6 Å². The molecule has 0 unspecified atom stereocenters. The van der Waals surface area contributed by atoms with Crippen molar-refractivity contribution in [1.29, 1.82) is 0 Å². The molecule has 1 aromatic carbocycles. The molecule has 0 bridgehead atoms. The number of nitrogens with zero attached hydrogens (tertiary/aromatic N) is 1. The Balaban J connectivity index is 0.000000640. The maximum Gasteiger partial charge on any atom is 0.206 e. The van der Waals surface area contributed by atoms with Crippen molar-refractivity contribution in [2.45, 2.75) is 31.6 Å². The van der Waals surface area contributed by atoms with Crippen molar-refractivity contribution < 1.29 is 14.3 Å². The Labute approximate surface area is 166 Å². The third kappa shape index (κ3) is 5.16. The van der Waals surface area contributed by atoms with Gasteiger partial charge in [-0.1, -0.05) is 6.07 Å². The fourth-order valence-corrected chi connectivity index (χ4v) is 3.38. The third-order valence-electron chi connectivity index (χ3n) is 5.00. The third-order valence-corrected chi connectivity index (χ3v) is 5.00. The molecule has 150 valence electrons. The number of rotatable bonds is 8. The van der Waals surface area contributed by atoms with Crippen molar-refractivity contribution >= 4 is 12.7 Å². The van der Waals surface area contributed by atoms with Gasteiger partial charge in [-0.25, -0.2) is 0 Å². The number of hydrogen-bond donors (Lipinski definition) is 2. The van der Waals surface area contributed by atoms with E-state index in [0.717, 1.165) is 59.4 Å². The summed E-state index contributed by atoms with van der Waals surface area (Å²) in [7, 11) is 5.21. The van der Waals surface area contributed by atoms with E-state index in [0.29, 0.717) is 12.8 Å². The molecule has 6 nitrogen and oxygen atoms in total. The van der Waals surface area contributed by atoms with Gasteiger partial charge < -0.3 is 15.4 Å². The fourth-order valence-electron chi connectivity index (χ4n) is 3.38. The fraction of sp³-hybridized carbons (Fsp3) is 0.409. The van der Waals surface area contributed by atoms with Gasteiger partial charge >= 0.3 is 0 Å². The summed E-state index contributed by atoms with van der Waals surface area (Å²) in [6.45, 7) is 2.86. The zero-order valence-corrected chi connectivity index (χ0v) is 17.0. The van der Waals surface area contributed by atoms with Crippen LogP contribution in [0, 0.1) is 6.92 Å². The van der Waals surface area contributed by atoms with E-state index in [4.69, 9.17) is 9.53 Å². The molecule has 2 N–H and O–H groups in total. The highest BCUT2D eigenvalue weighted by Crippen LogP contribution is 2.50. The van der Waals surface area contributed by atoms with E-state index in [9.17, 15) is 4.79 Å². The Morgan fingerprint density at radius 2 is 1.93 bits per heavy atom. The molecule has 1 aliphatic rings. The van der Waals surface area contributed by atoms with Gasteiger partial charge in [0.15, 0.2) is 0 Å². The topological polar surface area (TPSA) is 80.3 Å². The molecular formula is C22H29N3O3. The van der Waals surface area contributed by atoms with Gasteiger partial charge in [-0.05, 0) is 61.7 Å². The second kappa shape index (κ2) is 9.99. The van der Waals surface area contributed by atoms with Crippen LogP contribution < -0.4 is 15.4 Å².